The van der Waals surface area contributed by atoms with E-state index in [2.05, 4.69) is 36.7 Å². The fourth-order valence-corrected chi connectivity index (χ4v) is 3.13. The first-order valence-electron chi connectivity index (χ1n) is 8.55. The summed E-state index contributed by atoms with van der Waals surface area (Å²) < 4.78 is 4.58. The molecule has 0 atom stereocenters. The van der Waals surface area contributed by atoms with Crippen LogP contribution in [-0.2, 0) is 13.1 Å². The van der Waals surface area contributed by atoms with Gasteiger partial charge < -0.3 is 5.32 Å². The minimum Gasteiger partial charge on any atom is -0.307 e. The lowest BCUT2D eigenvalue weighted by Crippen LogP contribution is -2.16. The number of hydrogen-bond acceptors (Lipinski definition) is 4. The van der Waals surface area contributed by atoms with Gasteiger partial charge in [0.25, 0.3) is 5.91 Å². The Labute approximate surface area is 164 Å². The van der Waals surface area contributed by atoms with E-state index in [4.69, 9.17) is 0 Å². The first-order valence-corrected chi connectivity index (χ1v) is 9.34. The summed E-state index contributed by atoms with van der Waals surface area (Å²) in [6, 6.07) is 15.2. The van der Waals surface area contributed by atoms with Crippen molar-refractivity contribution in [3.63, 3.8) is 0 Å². The van der Waals surface area contributed by atoms with Crippen molar-refractivity contribution in [3.8, 4) is 0 Å². The highest BCUT2D eigenvalue weighted by atomic mass is 79.9. The zero-order chi connectivity index (χ0) is 18.8. The van der Waals surface area contributed by atoms with E-state index in [9.17, 15) is 4.79 Å². The molecule has 0 aliphatic carbocycles. The quantitative estimate of drug-likeness (QED) is 0.529. The van der Waals surface area contributed by atoms with E-state index in [1.165, 1.54) is 0 Å². The van der Waals surface area contributed by atoms with Crippen molar-refractivity contribution in [2.24, 2.45) is 0 Å². The molecule has 1 amide bonds. The lowest BCUT2D eigenvalue weighted by molar-refractivity contribution is 0.102. The Kier molecular flexibility index (Phi) is 4.72. The predicted molar refractivity (Wildman–Crippen MR) is 107 cm³/mol. The largest absolute Gasteiger partial charge is 0.307 e. The smallest absolute Gasteiger partial charge is 0.256 e. The summed E-state index contributed by atoms with van der Waals surface area (Å²) in [7, 11) is 0. The molecule has 136 valence electrons. The zero-order valence-corrected chi connectivity index (χ0v) is 16.2. The second kappa shape index (κ2) is 7.32. The summed E-state index contributed by atoms with van der Waals surface area (Å²) in [6.07, 6.45) is 1.67. The standard InChI is InChI=1S/C19H17BrN6O/c1-2-25-17-8-5-14(11-16(17)23-24-25)19(27)22-18-9-10-21-26(18)12-13-3-6-15(20)7-4-13/h3-11H,2,12H2,1H3,(H,22,27). The second-order valence-corrected chi connectivity index (χ2v) is 6.98. The van der Waals surface area contributed by atoms with Crippen molar-refractivity contribution < 1.29 is 4.79 Å². The van der Waals surface area contributed by atoms with Crippen molar-refractivity contribution in [1.82, 2.24) is 24.8 Å². The minimum atomic E-state index is -0.208. The van der Waals surface area contributed by atoms with Gasteiger partial charge in [-0.05, 0) is 42.8 Å². The SMILES string of the molecule is CCn1nnc2cc(C(=O)Nc3ccnn3Cc3ccc(Br)cc3)ccc21. The molecule has 2 heterocycles. The molecule has 2 aromatic heterocycles. The van der Waals surface area contributed by atoms with Crippen molar-refractivity contribution >= 4 is 38.7 Å². The number of aryl methyl sites for hydroxylation is 1. The summed E-state index contributed by atoms with van der Waals surface area (Å²) >= 11 is 3.43. The summed E-state index contributed by atoms with van der Waals surface area (Å²) in [5, 5.41) is 15.4. The van der Waals surface area contributed by atoms with Crippen LogP contribution in [-0.4, -0.2) is 30.7 Å². The Morgan fingerprint density at radius 1 is 1.11 bits per heavy atom. The van der Waals surface area contributed by atoms with Crippen LogP contribution in [0.2, 0.25) is 0 Å². The number of halogens is 1. The number of hydrogen-bond donors (Lipinski definition) is 1. The number of anilines is 1. The molecular formula is C19H17BrN6O. The molecule has 1 N–H and O–H groups in total. The number of nitrogens with one attached hydrogen (secondary N) is 1. The summed E-state index contributed by atoms with van der Waals surface area (Å²) in [4.78, 5) is 12.7. The number of carbonyl (C=O) groups excluding carboxylic acids is 1. The Balaban J connectivity index is 1.53. The average Bonchev–Trinajstić information content (AvgIpc) is 3.29. The molecule has 4 rings (SSSR count). The monoisotopic (exact) mass is 424 g/mol. The lowest BCUT2D eigenvalue weighted by Gasteiger charge is -2.09. The molecule has 0 aliphatic rings. The van der Waals surface area contributed by atoms with Gasteiger partial charge in [0.05, 0.1) is 18.3 Å². The van der Waals surface area contributed by atoms with Gasteiger partial charge in [0.15, 0.2) is 0 Å². The molecule has 0 fully saturated rings. The van der Waals surface area contributed by atoms with E-state index < -0.39 is 0 Å². The molecule has 0 saturated carbocycles. The predicted octanol–water partition coefficient (Wildman–Crippen LogP) is 3.71. The van der Waals surface area contributed by atoms with E-state index in [0.717, 1.165) is 22.1 Å². The molecule has 0 spiro atoms. The van der Waals surface area contributed by atoms with Crippen molar-refractivity contribution in [2.45, 2.75) is 20.0 Å². The van der Waals surface area contributed by atoms with Gasteiger partial charge in [-0.3, -0.25) is 4.79 Å². The molecular weight excluding hydrogens is 408 g/mol. The summed E-state index contributed by atoms with van der Waals surface area (Å²) in [5.41, 5.74) is 3.24. The molecule has 2 aromatic carbocycles. The summed E-state index contributed by atoms with van der Waals surface area (Å²) in [6.45, 7) is 3.30. The fourth-order valence-electron chi connectivity index (χ4n) is 2.86. The van der Waals surface area contributed by atoms with Crippen LogP contribution in [0.1, 0.15) is 22.8 Å². The normalized spacial score (nSPS) is 11.0. The van der Waals surface area contributed by atoms with E-state index in [1.807, 2.05) is 37.3 Å². The highest BCUT2D eigenvalue weighted by Crippen LogP contribution is 2.17. The fraction of sp³-hybridized carbons (Fsp3) is 0.158. The van der Waals surface area contributed by atoms with Crippen LogP contribution in [0.4, 0.5) is 5.82 Å². The van der Waals surface area contributed by atoms with Crippen LogP contribution >= 0.6 is 15.9 Å². The third-order valence-electron chi connectivity index (χ3n) is 4.28. The van der Waals surface area contributed by atoms with Crippen LogP contribution in [0.3, 0.4) is 0 Å². The number of fused-ring (bicyclic) bond motifs is 1. The van der Waals surface area contributed by atoms with Gasteiger partial charge in [-0.15, -0.1) is 5.10 Å². The van der Waals surface area contributed by atoms with Gasteiger partial charge in [-0.1, -0.05) is 33.3 Å². The van der Waals surface area contributed by atoms with Crippen LogP contribution in [0.5, 0.6) is 0 Å². The number of rotatable bonds is 5. The molecule has 0 radical (unpaired) electrons. The maximum atomic E-state index is 12.7. The Hall–Kier alpha value is -3.00. The topological polar surface area (TPSA) is 77.6 Å². The van der Waals surface area contributed by atoms with Gasteiger partial charge in [0, 0.05) is 22.6 Å². The van der Waals surface area contributed by atoms with Crippen molar-refractivity contribution in [2.75, 3.05) is 5.32 Å². The third kappa shape index (κ3) is 3.61. The molecule has 4 aromatic rings. The van der Waals surface area contributed by atoms with E-state index in [0.29, 0.717) is 23.4 Å². The second-order valence-electron chi connectivity index (χ2n) is 6.06. The molecule has 0 saturated heterocycles. The van der Waals surface area contributed by atoms with E-state index in [-0.39, 0.29) is 5.91 Å². The van der Waals surface area contributed by atoms with Crippen molar-refractivity contribution in [3.05, 3.63) is 70.3 Å². The van der Waals surface area contributed by atoms with Crippen LogP contribution in [0.25, 0.3) is 11.0 Å². The molecule has 0 unspecified atom stereocenters. The first kappa shape index (κ1) is 17.4. The number of benzene rings is 2. The molecule has 0 bridgehead atoms. The molecule has 8 heteroatoms. The molecule has 7 nitrogen and oxygen atoms in total. The van der Waals surface area contributed by atoms with Gasteiger partial charge in [0.2, 0.25) is 0 Å². The highest BCUT2D eigenvalue weighted by Gasteiger charge is 2.12. The van der Waals surface area contributed by atoms with E-state index >= 15 is 0 Å². The number of amides is 1. The number of carbonyl (C=O) groups is 1. The number of aromatic nitrogens is 5. The third-order valence-corrected chi connectivity index (χ3v) is 4.81. The first-order chi connectivity index (χ1) is 13.1. The maximum absolute atomic E-state index is 12.7. The summed E-state index contributed by atoms with van der Waals surface area (Å²) in [5.74, 6) is 0.431. The Morgan fingerprint density at radius 2 is 1.93 bits per heavy atom. The van der Waals surface area contributed by atoms with Gasteiger partial charge in [0.1, 0.15) is 11.3 Å². The van der Waals surface area contributed by atoms with Crippen LogP contribution in [0.15, 0.2) is 59.2 Å². The highest BCUT2D eigenvalue weighted by molar-refractivity contribution is 9.10. The molecule has 27 heavy (non-hydrogen) atoms. The van der Waals surface area contributed by atoms with Gasteiger partial charge in [-0.25, -0.2) is 9.36 Å². The minimum absolute atomic E-state index is 0.208. The Bertz CT molecular complexity index is 1100. The van der Waals surface area contributed by atoms with Crippen LogP contribution < -0.4 is 5.32 Å². The zero-order valence-electron chi connectivity index (χ0n) is 14.6. The van der Waals surface area contributed by atoms with Crippen molar-refractivity contribution in [1.29, 1.82) is 0 Å². The molecule has 0 aliphatic heterocycles. The van der Waals surface area contributed by atoms with Crippen LogP contribution in [0, 0.1) is 0 Å². The van der Waals surface area contributed by atoms with Gasteiger partial charge >= 0.3 is 0 Å². The van der Waals surface area contributed by atoms with Gasteiger partial charge in [-0.2, -0.15) is 5.10 Å². The number of nitrogens with zero attached hydrogens (tertiary/aromatic N) is 5. The van der Waals surface area contributed by atoms with E-state index in [1.54, 1.807) is 33.8 Å². The maximum Gasteiger partial charge on any atom is 0.256 e. The lowest BCUT2D eigenvalue weighted by atomic mass is 10.2. The average molecular weight is 425 g/mol. The Morgan fingerprint density at radius 3 is 2.70 bits per heavy atom.